The van der Waals surface area contributed by atoms with Gasteiger partial charge in [-0.1, -0.05) is 13.3 Å². The zero-order valence-corrected chi connectivity index (χ0v) is 12.1. The number of rotatable bonds is 6. The van der Waals surface area contributed by atoms with Crippen LogP contribution in [0, 0.1) is 0 Å². The average molecular weight is 266 g/mol. The van der Waals surface area contributed by atoms with Crippen LogP contribution in [0.2, 0.25) is 0 Å². The van der Waals surface area contributed by atoms with Crippen molar-refractivity contribution in [3.8, 4) is 5.75 Å². The Morgan fingerprint density at radius 3 is 2.32 bits per heavy atom. The van der Waals surface area contributed by atoms with E-state index in [1.807, 2.05) is 20.8 Å². The van der Waals surface area contributed by atoms with Crippen molar-refractivity contribution in [3.63, 3.8) is 0 Å². The lowest BCUT2D eigenvalue weighted by atomic mass is 10.2. The first kappa shape index (κ1) is 15.5. The number of hydrogen-bond acceptors (Lipinski definition) is 4. The fraction of sp³-hybridized carbons (Fsp3) is 0.533. The molecule has 0 fully saturated rings. The maximum atomic E-state index is 11.7. The summed E-state index contributed by atoms with van der Waals surface area (Å²) in [6.07, 6.45) is 2.11. The molecular weight excluding hydrogens is 244 g/mol. The highest BCUT2D eigenvalue weighted by Crippen LogP contribution is 2.15. The van der Waals surface area contributed by atoms with Gasteiger partial charge in [-0.3, -0.25) is 4.89 Å². The van der Waals surface area contributed by atoms with Gasteiger partial charge in [0.15, 0.2) is 0 Å². The van der Waals surface area contributed by atoms with E-state index in [9.17, 15) is 4.79 Å². The third-order valence-electron chi connectivity index (χ3n) is 2.22. The van der Waals surface area contributed by atoms with Crippen molar-refractivity contribution in [2.75, 3.05) is 6.61 Å². The Morgan fingerprint density at radius 1 is 1.16 bits per heavy atom. The zero-order chi connectivity index (χ0) is 14.3. The lowest BCUT2D eigenvalue weighted by molar-refractivity contribution is -0.301. The second-order valence-electron chi connectivity index (χ2n) is 5.29. The molecule has 0 aliphatic rings. The van der Waals surface area contributed by atoms with E-state index in [0.717, 1.165) is 18.6 Å². The molecule has 106 valence electrons. The Morgan fingerprint density at radius 2 is 1.79 bits per heavy atom. The largest absolute Gasteiger partial charge is 0.494 e. The summed E-state index contributed by atoms with van der Waals surface area (Å²) in [5.74, 6) is 0.247. The van der Waals surface area contributed by atoms with E-state index >= 15 is 0 Å². The van der Waals surface area contributed by atoms with Crippen molar-refractivity contribution in [3.05, 3.63) is 29.8 Å². The lowest BCUT2D eigenvalue weighted by Gasteiger charge is -2.16. The average Bonchev–Trinajstić information content (AvgIpc) is 2.36. The molecule has 0 amide bonds. The SMILES string of the molecule is CCCCOc1ccc(C(=O)OOC(C)(C)C)cc1. The third kappa shape index (κ3) is 6.25. The summed E-state index contributed by atoms with van der Waals surface area (Å²) in [5, 5.41) is 0. The smallest absolute Gasteiger partial charge is 0.373 e. The lowest BCUT2D eigenvalue weighted by Crippen LogP contribution is -2.21. The van der Waals surface area contributed by atoms with E-state index in [-0.39, 0.29) is 0 Å². The van der Waals surface area contributed by atoms with Crippen molar-refractivity contribution < 1.29 is 19.3 Å². The van der Waals surface area contributed by atoms with Gasteiger partial charge in [-0.25, -0.2) is 4.79 Å². The Kier molecular flexibility index (Phi) is 5.83. The molecule has 0 heterocycles. The summed E-state index contributed by atoms with van der Waals surface area (Å²) in [7, 11) is 0. The van der Waals surface area contributed by atoms with Crippen molar-refractivity contribution >= 4 is 5.97 Å². The molecule has 1 aromatic carbocycles. The Balaban J connectivity index is 2.48. The van der Waals surface area contributed by atoms with Gasteiger partial charge in [0.2, 0.25) is 0 Å². The molecule has 0 spiro atoms. The summed E-state index contributed by atoms with van der Waals surface area (Å²) in [5.41, 5.74) is -0.0779. The van der Waals surface area contributed by atoms with Gasteiger partial charge < -0.3 is 4.74 Å². The minimum absolute atomic E-state index is 0.437. The van der Waals surface area contributed by atoms with Gasteiger partial charge in [-0.2, -0.15) is 4.89 Å². The van der Waals surface area contributed by atoms with Crippen LogP contribution in [0.25, 0.3) is 0 Å². The molecule has 19 heavy (non-hydrogen) atoms. The summed E-state index contributed by atoms with van der Waals surface area (Å²) in [6.45, 7) is 8.23. The molecule has 0 bridgehead atoms. The molecule has 1 rings (SSSR count). The van der Waals surface area contributed by atoms with Crippen molar-refractivity contribution in [2.24, 2.45) is 0 Å². The monoisotopic (exact) mass is 266 g/mol. The van der Waals surface area contributed by atoms with Gasteiger partial charge in [-0.15, -0.1) is 0 Å². The zero-order valence-electron chi connectivity index (χ0n) is 12.1. The highest BCUT2D eigenvalue weighted by atomic mass is 17.2. The minimum Gasteiger partial charge on any atom is -0.494 e. The number of ether oxygens (including phenoxy) is 1. The molecule has 0 atom stereocenters. The maximum Gasteiger partial charge on any atom is 0.373 e. The van der Waals surface area contributed by atoms with E-state index in [4.69, 9.17) is 14.5 Å². The second-order valence-corrected chi connectivity index (χ2v) is 5.29. The van der Waals surface area contributed by atoms with Crippen LogP contribution in [0.3, 0.4) is 0 Å². The first-order chi connectivity index (χ1) is 8.92. The number of benzene rings is 1. The molecular formula is C15H22O4. The predicted octanol–water partition coefficient (Wildman–Crippen LogP) is 3.75. The molecule has 4 heteroatoms. The third-order valence-corrected chi connectivity index (χ3v) is 2.22. The minimum atomic E-state index is -0.515. The highest BCUT2D eigenvalue weighted by molar-refractivity contribution is 5.89. The van der Waals surface area contributed by atoms with Crippen LogP contribution in [0.15, 0.2) is 24.3 Å². The molecule has 0 unspecified atom stereocenters. The molecule has 0 aliphatic heterocycles. The number of unbranched alkanes of at least 4 members (excludes halogenated alkanes) is 1. The summed E-state index contributed by atoms with van der Waals surface area (Å²) in [6, 6.07) is 6.83. The van der Waals surface area contributed by atoms with E-state index in [2.05, 4.69) is 6.92 Å². The van der Waals surface area contributed by atoms with E-state index in [1.54, 1.807) is 24.3 Å². The van der Waals surface area contributed by atoms with Gasteiger partial charge in [0, 0.05) is 0 Å². The molecule has 1 aromatic rings. The number of carbonyl (C=O) groups is 1. The maximum absolute atomic E-state index is 11.7. The van der Waals surface area contributed by atoms with Crippen LogP contribution in [0.5, 0.6) is 5.75 Å². The fourth-order valence-electron chi connectivity index (χ4n) is 1.23. The van der Waals surface area contributed by atoms with Gasteiger partial charge >= 0.3 is 5.97 Å². The normalized spacial score (nSPS) is 11.2. The number of hydrogen-bond donors (Lipinski definition) is 0. The molecule has 4 nitrogen and oxygen atoms in total. The van der Waals surface area contributed by atoms with E-state index < -0.39 is 11.6 Å². The molecule has 0 saturated carbocycles. The van der Waals surface area contributed by atoms with E-state index in [0.29, 0.717) is 12.2 Å². The van der Waals surface area contributed by atoms with Crippen LogP contribution >= 0.6 is 0 Å². The fourth-order valence-corrected chi connectivity index (χ4v) is 1.23. The van der Waals surface area contributed by atoms with Crippen LogP contribution < -0.4 is 4.74 Å². The summed E-state index contributed by atoms with van der Waals surface area (Å²) >= 11 is 0. The highest BCUT2D eigenvalue weighted by Gasteiger charge is 2.16. The summed E-state index contributed by atoms with van der Waals surface area (Å²) < 4.78 is 5.51. The van der Waals surface area contributed by atoms with Gasteiger partial charge in [0.05, 0.1) is 12.2 Å². The standard InChI is InChI=1S/C15H22O4/c1-5-6-11-17-13-9-7-12(8-10-13)14(16)18-19-15(2,3)4/h7-10H,5-6,11H2,1-4H3. The first-order valence-corrected chi connectivity index (χ1v) is 6.55. The van der Waals surface area contributed by atoms with Gasteiger partial charge in [0.25, 0.3) is 0 Å². The van der Waals surface area contributed by atoms with Crippen molar-refractivity contribution in [1.29, 1.82) is 0 Å². The number of carbonyl (C=O) groups excluding carboxylic acids is 1. The topological polar surface area (TPSA) is 44.8 Å². The summed E-state index contributed by atoms with van der Waals surface area (Å²) in [4.78, 5) is 21.4. The molecule has 0 saturated heterocycles. The van der Waals surface area contributed by atoms with E-state index in [1.165, 1.54) is 0 Å². The van der Waals surface area contributed by atoms with Crippen LogP contribution in [-0.4, -0.2) is 18.2 Å². The predicted molar refractivity (Wildman–Crippen MR) is 73.1 cm³/mol. The van der Waals surface area contributed by atoms with Crippen LogP contribution in [0.4, 0.5) is 0 Å². The molecule has 0 radical (unpaired) electrons. The van der Waals surface area contributed by atoms with Crippen LogP contribution in [0.1, 0.15) is 50.9 Å². The Labute approximate surface area is 114 Å². The second kappa shape index (κ2) is 7.14. The van der Waals surface area contributed by atoms with Crippen molar-refractivity contribution in [2.45, 2.75) is 46.1 Å². The Hall–Kier alpha value is -1.55. The molecule has 0 aromatic heterocycles. The first-order valence-electron chi connectivity index (χ1n) is 6.55. The molecule has 0 aliphatic carbocycles. The Bertz CT molecular complexity index is 390. The van der Waals surface area contributed by atoms with Gasteiger partial charge in [0.1, 0.15) is 11.4 Å². The van der Waals surface area contributed by atoms with Gasteiger partial charge in [-0.05, 0) is 51.5 Å². The quantitative estimate of drug-likeness (QED) is 0.447. The van der Waals surface area contributed by atoms with Crippen molar-refractivity contribution in [1.82, 2.24) is 0 Å². The van der Waals surface area contributed by atoms with Crippen LogP contribution in [-0.2, 0) is 9.78 Å². The molecule has 0 N–H and O–H groups in total.